The maximum atomic E-state index is 12.6. The highest BCUT2D eigenvalue weighted by molar-refractivity contribution is 6.31. The van der Waals surface area contributed by atoms with Crippen molar-refractivity contribution in [3.8, 4) is 5.75 Å². The Morgan fingerprint density at radius 3 is 2.79 bits per heavy atom. The number of anilines is 1. The van der Waals surface area contributed by atoms with Crippen LogP contribution >= 0.6 is 11.6 Å². The molecular weight excluding hydrogens is 330 g/mol. The molecule has 0 unspecified atom stereocenters. The Balaban J connectivity index is 1.54. The van der Waals surface area contributed by atoms with Crippen LogP contribution < -0.4 is 9.64 Å². The summed E-state index contributed by atoms with van der Waals surface area (Å²) in [4.78, 5) is 30.5. The molecule has 3 heterocycles. The number of amides is 3. The Bertz CT molecular complexity index is 674. The summed E-state index contributed by atoms with van der Waals surface area (Å²) in [5.41, 5.74) is 0.909. The Morgan fingerprint density at radius 1 is 1.21 bits per heavy atom. The number of ether oxygens (including phenoxy) is 1. The van der Waals surface area contributed by atoms with Gasteiger partial charge in [0.15, 0.2) is 0 Å². The second-order valence-corrected chi connectivity index (χ2v) is 6.98. The van der Waals surface area contributed by atoms with Crippen LogP contribution in [0.5, 0.6) is 5.75 Å². The molecule has 0 radical (unpaired) electrons. The first-order valence-corrected chi connectivity index (χ1v) is 8.70. The minimum absolute atomic E-state index is 0.0255. The topological polar surface area (TPSA) is 53.1 Å². The first-order chi connectivity index (χ1) is 11.6. The summed E-state index contributed by atoms with van der Waals surface area (Å²) in [5.74, 6) is 0.724. The number of methoxy groups -OCH3 is 1. The highest BCUT2D eigenvalue weighted by Gasteiger charge is 2.50. The number of rotatable bonds is 3. The summed E-state index contributed by atoms with van der Waals surface area (Å²) in [5, 5.41) is 0.642. The zero-order valence-electron chi connectivity index (χ0n) is 13.6. The highest BCUT2D eigenvalue weighted by atomic mass is 35.5. The van der Waals surface area contributed by atoms with Crippen molar-refractivity contribution in [2.45, 2.75) is 31.3 Å². The number of nitrogens with zero attached hydrogens (tertiary/aromatic N) is 3. The number of urea groups is 1. The Kier molecular flexibility index (Phi) is 3.79. The van der Waals surface area contributed by atoms with Crippen LogP contribution in [0.3, 0.4) is 0 Å². The van der Waals surface area contributed by atoms with E-state index in [0.29, 0.717) is 18.1 Å². The number of hydrogen-bond donors (Lipinski definition) is 0. The number of halogens is 1. The summed E-state index contributed by atoms with van der Waals surface area (Å²) in [6.45, 7) is 2.09. The zero-order chi connectivity index (χ0) is 16.8. The van der Waals surface area contributed by atoms with Gasteiger partial charge in [-0.15, -0.1) is 0 Å². The SMILES string of the molecule is COc1ccc(Cl)cc1N1CC[C@@H](N2C(=O)[C@H]3CCCN3C2=O)C1. The lowest BCUT2D eigenvalue weighted by Crippen LogP contribution is -2.43. The van der Waals surface area contributed by atoms with Crippen molar-refractivity contribution in [2.75, 3.05) is 31.6 Å². The summed E-state index contributed by atoms with van der Waals surface area (Å²) in [6, 6.07) is 5.07. The quantitative estimate of drug-likeness (QED) is 0.786. The standard InChI is InChI=1S/C17H20ClN3O3/c1-24-15-5-4-11(18)9-14(15)19-8-6-12(10-19)21-16(22)13-3-2-7-20(13)17(21)23/h4-5,9,12-13H,2-3,6-8,10H2,1H3/t12-,13-/m1/s1. The molecule has 0 saturated carbocycles. The van der Waals surface area contributed by atoms with E-state index in [-0.39, 0.29) is 24.0 Å². The van der Waals surface area contributed by atoms with E-state index in [2.05, 4.69) is 4.90 Å². The van der Waals surface area contributed by atoms with Gasteiger partial charge in [0.05, 0.1) is 18.8 Å². The van der Waals surface area contributed by atoms with Gasteiger partial charge in [-0.25, -0.2) is 4.79 Å². The molecule has 0 aromatic heterocycles. The van der Waals surface area contributed by atoms with Crippen molar-refractivity contribution in [2.24, 2.45) is 0 Å². The van der Waals surface area contributed by atoms with E-state index in [1.807, 2.05) is 12.1 Å². The van der Waals surface area contributed by atoms with Gasteiger partial charge in [0, 0.05) is 24.7 Å². The Morgan fingerprint density at radius 2 is 2.04 bits per heavy atom. The maximum absolute atomic E-state index is 12.6. The number of carbonyl (C=O) groups is 2. The fraction of sp³-hybridized carbons (Fsp3) is 0.529. The number of hydrogen-bond acceptors (Lipinski definition) is 4. The van der Waals surface area contributed by atoms with E-state index >= 15 is 0 Å². The van der Waals surface area contributed by atoms with Crippen LogP contribution in [0.1, 0.15) is 19.3 Å². The lowest BCUT2D eigenvalue weighted by molar-refractivity contribution is -0.129. The van der Waals surface area contributed by atoms with Crippen molar-refractivity contribution in [3.63, 3.8) is 0 Å². The molecule has 3 fully saturated rings. The lowest BCUT2D eigenvalue weighted by atomic mass is 10.2. The molecule has 1 aromatic rings. The normalized spacial score (nSPS) is 26.5. The fourth-order valence-corrected chi connectivity index (χ4v) is 4.23. The molecule has 3 aliphatic heterocycles. The monoisotopic (exact) mass is 349 g/mol. The molecule has 0 spiro atoms. The third kappa shape index (κ3) is 2.32. The van der Waals surface area contributed by atoms with Gasteiger partial charge >= 0.3 is 6.03 Å². The van der Waals surface area contributed by atoms with Gasteiger partial charge in [-0.05, 0) is 37.5 Å². The zero-order valence-corrected chi connectivity index (χ0v) is 14.3. The van der Waals surface area contributed by atoms with Gasteiger partial charge in [0.25, 0.3) is 5.91 Å². The second kappa shape index (κ2) is 5.84. The molecule has 0 aliphatic carbocycles. The summed E-state index contributed by atoms with van der Waals surface area (Å²) >= 11 is 6.12. The number of fused-ring (bicyclic) bond motifs is 1. The minimum Gasteiger partial charge on any atom is -0.495 e. The average molecular weight is 350 g/mol. The molecule has 3 aliphatic rings. The van der Waals surface area contributed by atoms with Crippen LogP contribution in [0, 0.1) is 0 Å². The molecular formula is C17H20ClN3O3. The lowest BCUT2D eigenvalue weighted by Gasteiger charge is -2.25. The first-order valence-electron chi connectivity index (χ1n) is 8.32. The molecule has 0 N–H and O–H groups in total. The van der Waals surface area contributed by atoms with Gasteiger partial charge in [-0.1, -0.05) is 11.6 Å². The molecule has 1 aromatic carbocycles. The van der Waals surface area contributed by atoms with E-state index in [0.717, 1.165) is 37.2 Å². The van der Waals surface area contributed by atoms with Gasteiger partial charge < -0.3 is 14.5 Å². The Labute approximate surface area is 145 Å². The Hall–Kier alpha value is -1.95. The van der Waals surface area contributed by atoms with E-state index in [1.54, 1.807) is 18.1 Å². The van der Waals surface area contributed by atoms with Crippen molar-refractivity contribution in [1.82, 2.24) is 9.80 Å². The third-order valence-corrected chi connectivity index (χ3v) is 5.47. The maximum Gasteiger partial charge on any atom is 0.327 e. The summed E-state index contributed by atoms with van der Waals surface area (Å²) in [6.07, 6.45) is 2.49. The van der Waals surface area contributed by atoms with Crippen LogP contribution in [-0.2, 0) is 4.79 Å². The molecule has 2 atom stereocenters. The second-order valence-electron chi connectivity index (χ2n) is 6.55. The number of benzene rings is 1. The molecule has 0 bridgehead atoms. The molecule has 3 saturated heterocycles. The molecule has 128 valence electrons. The van der Waals surface area contributed by atoms with Crippen LogP contribution in [0.25, 0.3) is 0 Å². The first kappa shape index (κ1) is 15.6. The van der Waals surface area contributed by atoms with Crippen LogP contribution in [0.4, 0.5) is 10.5 Å². The largest absolute Gasteiger partial charge is 0.495 e. The van der Waals surface area contributed by atoms with Crippen LogP contribution in [-0.4, -0.2) is 60.6 Å². The number of imide groups is 1. The van der Waals surface area contributed by atoms with E-state index in [1.165, 1.54) is 4.90 Å². The highest BCUT2D eigenvalue weighted by Crippen LogP contribution is 2.36. The van der Waals surface area contributed by atoms with E-state index in [4.69, 9.17) is 16.3 Å². The van der Waals surface area contributed by atoms with Crippen molar-refractivity contribution in [1.29, 1.82) is 0 Å². The smallest absolute Gasteiger partial charge is 0.327 e. The third-order valence-electron chi connectivity index (χ3n) is 5.24. The predicted octanol–water partition coefficient (Wildman–Crippen LogP) is 2.35. The van der Waals surface area contributed by atoms with Gasteiger partial charge in [0.1, 0.15) is 11.8 Å². The van der Waals surface area contributed by atoms with Crippen molar-refractivity contribution < 1.29 is 14.3 Å². The van der Waals surface area contributed by atoms with E-state index < -0.39 is 0 Å². The van der Waals surface area contributed by atoms with Crippen molar-refractivity contribution in [3.05, 3.63) is 23.2 Å². The minimum atomic E-state index is -0.229. The van der Waals surface area contributed by atoms with Gasteiger partial charge in [-0.2, -0.15) is 0 Å². The molecule has 3 amide bonds. The van der Waals surface area contributed by atoms with E-state index in [9.17, 15) is 9.59 Å². The molecule has 24 heavy (non-hydrogen) atoms. The van der Waals surface area contributed by atoms with Gasteiger partial charge in [0.2, 0.25) is 0 Å². The van der Waals surface area contributed by atoms with Crippen molar-refractivity contribution >= 4 is 29.2 Å². The predicted molar refractivity (Wildman–Crippen MR) is 90.6 cm³/mol. The fourth-order valence-electron chi connectivity index (χ4n) is 4.06. The molecule has 4 rings (SSSR count). The summed E-state index contributed by atoms with van der Waals surface area (Å²) in [7, 11) is 1.63. The van der Waals surface area contributed by atoms with Crippen LogP contribution in [0.15, 0.2) is 18.2 Å². The average Bonchev–Trinajstić information content (AvgIpc) is 3.27. The summed E-state index contributed by atoms with van der Waals surface area (Å²) < 4.78 is 5.42. The molecule has 6 nitrogen and oxygen atoms in total. The number of carbonyl (C=O) groups excluding carboxylic acids is 2. The van der Waals surface area contributed by atoms with Gasteiger partial charge in [-0.3, -0.25) is 9.69 Å². The molecule has 7 heteroatoms. The van der Waals surface area contributed by atoms with Crippen LogP contribution in [0.2, 0.25) is 5.02 Å².